The van der Waals surface area contributed by atoms with Gasteiger partial charge in [-0.2, -0.15) is 5.26 Å². The quantitative estimate of drug-likeness (QED) is 0.716. The number of rotatable bonds is 1. The average Bonchev–Trinajstić information content (AvgIpc) is 2.62. The number of phenolic OH excluding ortho intramolecular Hbond substituents is 1. The van der Waals surface area contributed by atoms with Crippen LogP contribution in [-0.2, 0) is 0 Å². The molecule has 116 valence electrons. The first-order valence-corrected chi connectivity index (χ1v) is 7.58. The fraction of sp³-hybridized carbons (Fsp3) is 0.0500. The van der Waals surface area contributed by atoms with Crippen LogP contribution in [0.15, 0.2) is 72.1 Å². The van der Waals surface area contributed by atoms with E-state index in [1.807, 2.05) is 54.6 Å². The van der Waals surface area contributed by atoms with Gasteiger partial charge in [-0.25, -0.2) is 0 Å². The third kappa shape index (κ3) is 1.99. The molecule has 0 radical (unpaired) electrons. The third-order valence-electron chi connectivity index (χ3n) is 4.33. The van der Waals surface area contributed by atoms with E-state index in [1.54, 1.807) is 6.07 Å². The molecule has 4 nitrogen and oxygen atoms in total. The Labute approximate surface area is 139 Å². The summed E-state index contributed by atoms with van der Waals surface area (Å²) in [6.07, 6.45) is 0. The molecule has 0 aliphatic carbocycles. The number of nitriles is 1. The molecule has 0 amide bonds. The zero-order chi connectivity index (χ0) is 16.7. The zero-order valence-electron chi connectivity index (χ0n) is 12.7. The highest BCUT2D eigenvalue weighted by molar-refractivity contribution is 5.92. The van der Waals surface area contributed by atoms with Gasteiger partial charge in [0.2, 0.25) is 5.88 Å². The number of allylic oxidation sites excluding steroid dienone is 1. The van der Waals surface area contributed by atoms with Crippen molar-refractivity contribution in [3.63, 3.8) is 0 Å². The van der Waals surface area contributed by atoms with E-state index in [4.69, 9.17) is 10.5 Å². The predicted molar refractivity (Wildman–Crippen MR) is 91.4 cm³/mol. The molecule has 1 heterocycles. The van der Waals surface area contributed by atoms with Crippen LogP contribution in [0.25, 0.3) is 10.8 Å². The second-order valence-electron chi connectivity index (χ2n) is 5.70. The van der Waals surface area contributed by atoms with Gasteiger partial charge in [0, 0.05) is 5.56 Å². The molecule has 0 aromatic heterocycles. The lowest BCUT2D eigenvalue weighted by atomic mass is 9.81. The maximum absolute atomic E-state index is 10.4. The van der Waals surface area contributed by atoms with Crippen LogP contribution in [0.5, 0.6) is 11.5 Å². The molecule has 1 unspecified atom stereocenters. The molecule has 3 aromatic rings. The summed E-state index contributed by atoms with van der Waals surface area (Å²) in [7, 11) is 0. The summed E-state index contributed by atoms with van der Waals surface area (Å²) >= 11 is 0. The Hall–Kier alpha value is -3.45. The molecule has 4 heteroatoms. The first-order chi connectivity index (χ1) is 11.7. The highest BCUT2D eigenvalue weighted by Gasteiger charge is 2.33. The molecule has 0 saturated carbocycles. The Morgan fingerprint density at radius 3 is 2.50 bits per heavy atom. The van der Waals surface area contributed by atoms with Gasteiger partial charge in [0.15, 0.2) is 11.5 Å². The summed E-state index contributed by atoms with van der Waals surface area (Å²) in [6, 6.07) is 21.2. The minimum atomic E-state index is -0.378. The molecule has 3 N–H and O–H groups in total. The Kier molecular flexibility index (Phi) is 3.14. The van der Waals surface area contributed by atoms with Crippen LogP contribution in [0.4, 0.5) is 0 Å². The van der Waals surface area contributed by atoms with Crippen molar-refractivity contribution in [2.45, 2.75) is 5.92 Å². The largest absolute Gasteiger partial charge is 0.504 e. The lowest BCUT2D eigenvalue weighted by molar-refractivity contribution is 0.360. The summed E-state index contributed by atoms with van der Waals surface area (Å²) in [5.41, 5.74) is 8.01. The van der Waals surface area contributed by atoms with Crippen LogP contribution in [-0.4, -0.2) is 5.11 Å². The molecule has 3 aromatic carbocycles. The topological polar surface area (TPSA) is 79.3 Å². The van der Waals surface area contributed by atoms with Gasteiger partial charge < -0.3 is 15.6 Å². The number of nitrogens with zero attached hydrogens (tertiary/aromatic N) is 1. The maximum Gasteiger partial charge on any atom is 0.205 e. The molecule has 1 aliphatic heterocycles. The monoisotopic (exact) mass is 314 g/mol. The molecule has 24 heavy (non-hydrogen) atoms. The lowest BCUT2D eigenvalue weighted by Gasteiger charge is -2.28. The van der Waals surface area contributed by atoms with Gasteiger partial charge in [0.1, 0.15) is 11.6 Å². The van der Waals surface area contributed by atoms with Crippen LogP contribution >= 0.6 is 0 Å². The molecule has 1 aliphatic rings. The molecule has 0 bridgehead atoms. The predicted octanol–water partition coefficient (Wildman–Crippen LogP) is 3.76. The van der Waals surface area contributed by atoms with Crippen molar-refractivity contribution < 1.29 is 9.84 Å². The highest BCUT2D eigenvalue weighted by Crippen LogP contribution is 2.49. The summed E-state index contributed by atoms with van der Waals surface area (Å²) in [6.45, 7) is 0. The molecule has 0 saturated heterocycles. The van der Waals surface area contributed by atoms with Gasteiger partial charge >= 0.3 is 0 Å². The summed E-state index contributed by atoms with van der Waals surface area (Å²) in [5.74, 6) is -0.00925. The number of phenols is 1. The van der Waals surface area contributed by atoms with Crippen molar-refractivity contribution in [1.29, 1.82) is 5.26 Å². The van der Waals surface area contributed by atoms with Gasteiger partial charge in [-0.1, -0.05) is 54.6 Å². The highest BCUT2D eigenvalue weighted by atomic mass is 16.5. The lowest BCUT2D eigenvalue weighted by Crippen LogP contribution is -2.21. The van der Waals surface area contributed by atoms with Crippen LogP contribution < -0.4 is 10.5 Å². The Balaban J connectivity index is 2.12. The summed E-state index contributed by atoms with van der Waals surface area (Å²) < 4.78 is 5.61. The second kappa shape index (κ2) is 5.32. The SMILES string of the molecule is N#CC1=C(N)Oc2c(O)cc3ccccc3c2C1c1ccccc1. The van der Waals surface area contributed by atoms with Crippen molar-refractivity contribution in [2.24, 2.45) is 5.73 Å². The van der Waals surface area contributed by atoms with Gasteiger partial charge in [-0.05, 0) is 22.4 Å². The number of nitrogens with two attached hydrogens (primary N) is 1. The van der Waals surface area contributed by atoms with Crippen LogP contribution in [0, 0.1) is 11.3 Å². The van der Waals surface area contributed by atoms with Crippen LogP contribution in [0.1, 0.15) is 17.0 Å². The molecule has 1 atom stereocenters. The Bertz CT molecular complexity index is 1020. The number of fused-ring (bicyclic) bond motifs is 3. The minimum absolute atomic E-state index is 0.0181. The van der Waals surface area contributed by atoms with Crippen molar-refractivity contribution in [3.05, 3.63) is 83.2 Å². The molecule has 0 spiro atoms. The van der Waals surface area contributed by atoms with Gasteiger partial charge in [0.05, 0.1) is 5.92 Å². The maximum atomic E-state index is 10.4. The Morgan fingerprint density at radius 1 is 1.04 bits per heavy atom. The van der Waals surface area contributed by atoms with E-state index >= 15 is 0 Å². The van der Waals surface area contributed by atoms with Crippen molar-refractivity contribution in [3.8, 4) is 17.6 Å². The Morgan fingerprint density at radius 2 is 1.75 bits per heavy atom. The van der Waals surface area contributed by atoms with E-state index < -0.39 is 0 Å². The van der Waals surface area contributed by atoms with Gasteiger partial charge in [0.25, 0.3) is 0 Å². The molecule has 0 fully saturated rings. The van der Waals surface area contributed by atoms with Crippen molar-refractivity contribution in [1.82, 2.24) is 0 Å². The molecular weight excluding hydrogens is 300 g/mol. The minimum Gasteiger partial charge on any atom is -0.504 e. The third-order valence-corrected chi connectivity index (χ3v) is 4.33. The van der Waals surface area contributed by atoms with E-state index in [1.165, 1.54) is 0 Å². The number of hydrogen-bond donors (Lipinski definition) is 2. The van der Waals surface area contributed by atoms with E-state index in [2.05, 4.69) is 6.07 Å². The standard InChI is InChI=1S/C20H14N2O2/c21-11-15-17(12-6-2-1-3-7-12)18-14-9-5-4-8-13(14)10-16(23)19(18)24-20(15)22/h1-10,17,23H,22H2. The van der Waals surface area contributed by atoms with E-state index in [0.29, 0.717) is 11.3 Å². The van der Waals surface area contributed by atoms with E-state index in [0.717, 1.165) is 21.9 Å². The fourth-order valence-corrected chi connectivity index (χ4v) is 3.29. The summed E-state index contributed by atoms with van der Waals surface area (Å²) in [5, 5.41) is 21.9. The normalized spacial score (nSPS) is 16.4. The summed E-state index contributed by atoms with van der Waals surface area (Å²) in [4.78, 5) is 0. The van der Waals surface area contributed by atoms with Crippen molar-refractivity contribution in [2.75, 3.05) is 0 Å². The number of ether oxygens (including phenoxy) is 1. The van der Waals surface area contributed by atoms with Gasteiger partial charge in [-0.3, -0.25) is 0 Å². The molecular formula is C20H14N2O2. The first-order valence-electron chi connectivity index (χ1n) is 7.58. The van der Waals surface area contributed by atoms with Crippen molar-refractivity contribution >= 4 is 10.8 Å². The molecule has 4 rings (SSSR count). The fourth-order valence-electron chi connectivity index (χ4n) is 3.29. The van der Waals surface area contributed by atoms with E-state index in [9.17, 15) is 10.4 Å². The van der Waals surface area contributed by atoms with Crippen LogP contribution in [0.2, 0.25) is 0 Å². The van der Waals surface area contributed by atoms with Crippen LogP contribution in [0.3, 0.4) is 0 Å². The zero-order valence-corrected chi connectivity index (χ0v) is 12.7. The second-order valence-corrected chi connectivity index (χ2v) is 5.70. The smallest absolute Gasteiger partial charge is 0.205 e. The van der Waals surface area contributed by atoms with Gasteiger partial charge in [-0.15, -0.1) is 0 Å². The number of hydrogen-bond acceptors (Lipinski definition) is 4. The van der Waals surface area contributed by atoms with E-state index in [-0.39, 0.29) is 17.6 Å². The average molecular weight is 314 g/mol. The first kappa shape index (κ1) is 14.2. The number of benzene rings is 3. The number of aromatic hydroxyl groups is 1.